The van der Waals surface area contributed by atoms with Crippen molar-refractivity contribution in [2.24, 2.45) is 0 Å². The van der Waals surface area contributed by atoms with Gasteiger partial charge >= 0.3 is 6.85 Å². The summed E-state index contributed by atoms with van der Waals surface area (Å²) in [7, 11) is 0. The monoisotopic (exact) mass is 937 g/mol. The molecule has 358 valence electrons. The first-order chi connectivity index (χ1) is 34.3. The van der Waals surface area contributed by atoms with Crippen molar-refractivity contribution in [2.45, 2.75) is 136 Å². The van der Waals surface area contributed by atoms with E-state index in [-0.39, 0.29) is 33.9 Å². The van der Waals surface area contributed by atoms with E-state index >= 15 is 0 Å². The van der Waals surface area contributed by atoms with E-state index in [4.69, 9.17) is 0 Å². The van der Waals surface area contributed by atoms with Crippen LogP contribution < -0.4 is 20.6 Å². The summed E-state index contributed by atoms with van der Waals surface area (Å²) < 4.78 is 0. The number of hydrogen-bond donors (Lipinski definition) is 0. The van der Waals surface area contributed by atoms with Crippen molar-refractivity contribution in [3.8, 4) is 44.5 Å². The third-order valence-electron chi connectivity index (χ3n) is 18.8. The summed E-state index contributed by atoms with van der Waals surface area (Å²) in [4.78, 5) is 5.53. The lowest BCUT2D eigenvalue weighted by Gasteiger charge is -2.49. The number of nitrogens with zero attached hydrogens (tertiary/aromatic N) is 2. The lowest BCUT2D eigenvalue weighted by Crippen LogP contribution is -2.62. The molecule has 8 aromatic rings. The predicted octanol–water partition coefficient (Wildman–Crippen LogP) is 17.3. The van der Waals surface area contributed by atoms with Gasteiger partial charge in [0.25, 0.3) is 0 Å². The van der Waals surface area contributed by atoms with E-state index < -0.39 is 0 Å². The van der Waals surface area contributed by atoms with Crippen LogP contribution in [0.1, 0.15) is 139 Å². The fraction of sp³-hybridized carbons (Fsp3) is 0.304. The van der Waals surface area contributed by atoms with Crippen LogP contribution in [-0.2, 0) is 27.1 Å². The Morgan fingerprint density at radius 1 is 0.375 bits per heavy atom. The van der Waals surface area contributed by atoms with Crippen LogP contribution in [-0.4, -0.2) is 6.85 Å². The summed E-state index contributed by atoms with van der Waals surface area (Å²) in [5, 5.41) is 0. The average molecular weight is 937 g/mol. The minimum absolute atomic E-state index is 0.0383. The quantitative estimate of drug-likeness (QED) is 0.162. The normalized spacial score (nSPS) is 18.5. The Kier molecular flexibility index (Phi) is 9.59. The van der Waals surface area contributed by atoms with Crippen LogP contribution in [0.3, 0.4) is 0 Å². The molecule has 0 bridgehead atoms. The Hall–Kier alpha value is -6.58. The van der Waals surface area contributed by atoms with Gasteiger partial charge in [-0.15, -0.1) is 0 Å². The molecule has 0 atom stereocenters. The van der Waals surface area contributed by atoms with Crippen LogP contribution in [0.5, 0.6) is 0 Å². The molecular formula is C69H69BN2. The summed E-state index contributed by atoms with van der Waals surface area (Å²) in [6.45, 7) is 29.4. The molecule has 0 saturated heterocycles. The highest BCUT2D eigenvalue weighted by Crippen LogP contribution is 2.60. The highest BCUT2D eigenvalue weighted by molar-refractivity contribution is 6.93. The molecule has 0 spiro atoms. The molecule has 2 heterocycles. The Morgan fingerprint density at radius 3 is 1.47 bits per heavy atom. The second-order valence-electron chi connectivity index (χ2n) is 25.5. The minimum atomic E-state index is -0.250. The molecule has 0 N–H and O–H groups in total. The molecule has 0 amide bonds. The summed E-state index contributed by atoms with van der Waals surface area (Å²) in [6, 6.07) is 59.3. The topological polar surface area (TPSA) is 6.48 Å². The van der Waals surface area contributed by atoms with Gasteiger partial charge in [-0.25, -0.2) is 0 Å². The SMILES string of the molecule is Cc1cc2c(cc1N1B3c4ccc(-c5ccccc5)cc4N(c4cc5c(cc4C)C(C)(C)CCC5(C)C)c4cc5c(c(c43)-c3cc(-c4ccccc4)ccc31)C(C)(C)c1ccccc1-5)C(C)(C)CCC2(C)C. The van der Waals surface area contributed by atoms with E-state index in [0.717, 1.165) is 6.42 Å². The van der Waals surface area contributed by atoms with Gasteiger partial charge in [0.15, 0.2) is 0 Å². The van der Waals surface area contributed by atoms with Crippen molar-refractivity contribution in [1.82, 2.24) is 0 Å². The molecule has 3 heteroatoms. The summed E-state index contributed by atoms with van der Waals surface area (Å²) >= 11 is 0. The highest BCUT2D eigenvalue weighted by Gasteiger charge is 2.51. The van der Waals surface area contributed by atoms with E-state index in [0.29, 0.717) is 0 Å². The largest absolute Gasteiger partial charge is 0.376 e. The van der Waals surface area contributed by atoms with Crippen molar-refractivity contribution >= 4 is 46.2 Å². The van der Waals surface area contributed by atoms with Crippen LogP contribution in [0.4, 0.5) is 28.4 Å². The van der Waals surface area contributed by atoms with Crippen molar-refractivity contribution in [3.63, 3.8) is 0 Å². The molecule has 0 unspecified atom stereocenters. The third kappa shape index (κ3) is 6.41. The maximum Gasteiger partial charge on any atom is 0.333 e. The Morgan fingerprint density at radius 2 is 0.875 bits per heavy atom. The van der Waals surface area contributed by atoms with Crippen molar-refractivity contribution in [2.75, 3.05) is 9.71 Å². The van der Waals surface area contributed by atoms with Gasteiger partial charge in [-0.05, 0) is 192 Å². The number of fused-ring (bicyclic) bond motifs is 10. The standard InChI is InChI=1S/C69H69BN2/c1-42-35-52-54(67(7,8)33-31-65(52,3)4)40-58(42)71-60-38-47(45-23-17-14-18-24-45)27-29-56(60)70-64-61(71)39-49-48-25-19-20-26-51(48)69(11,12)63(49)62(64)50-37-46(44-21-15-13-16-22-44)28-30-57(50)72(70)59-41-55-53(36-43(59)2)66(5,6)32-34-68(55,9)10/h13-30,35-41H,31-34H2,1-12H3. The van der Waals surface area contributed by atoms with Gasteiger partial charge in [0.1, 0.15) is 0 Å². The van der Waals surface area contributed by atoms with Crippen LogP contribution in [0.2, 0.25) is 0 Å². The fourth-order valence-electron chi connectivity index (χ4n) is 14.4. The van der Waals surface area contributed by atoms with Crippen LogP contribution in [0, 0.1) is 13.8 Å². The number of benzene rings is 8. The molecular weight excluding hydrogens is 868 g/mol. The van der Waals surface area contributed by atoms with Gasteiger partial charge in [-0.2, -0.15) is 0 Å². The van der Waals surface area contributed by atoms with Gasteiger partial charge in [0.05, 0.1) is 0 Å². The maximum absolute atomic E-state index is 2.80. The molecule has 8 aromatic carbocycles. The highest BCUT2D eigenvalue weighted by atomic mass is 15.2. The van der Waals surface area contributed by atoms with Crippen LogP contribution in [0.15, 0.2) is 152 Å². The van der Waals surface area contributed by atoms with Gasteiger partial charge < -0.3 is 9.71 Å². The van der Waals surface area contributed by atoms with Gasteiger partial charge in [-0.1, -0.05) is 184 Å². The number of rotatable bonds is 4. The molecule has 3 aliphatic carbocycles. The van der Waals surface area contributed by atoms with Crippen molar-refractivity contribution in [1.29, 1.82) is 0 Å². The number of aryl methyl sites for hydroxylation is 2. The molecule has 0 fully saturated rings. The van der Waals surface area contributed by atoms with Crippen molar-refractivity contribution in [3.05, 3.63) is 196 Å². The average Bonchev–Trinajstić information content (AvgIpc) is 3.60. The van der Waals surface area contributed by atoms with Gasteiger partial charge in [0, 0.05) is 39.4 Å². The zero-order valence-corrected chi connectivity index (χ0v) is 44.7. The van der Waals surface area contributed by atoms with E-state index in [1.807, 2.05) is 0 Å². The minimum Gasteiger partial charge on any atom is -0.376 e. The number of anilines is 5. The predicted molar refractivity (Wildman–Crippen MR) is 309 cm³/mol. The zero-order valence-electron chi connectivity index (χ0n) is 44.7. The molecule has 2 nitrogen and oxygen atoms in total. The third-order valence-corrected chi connectivity index (χ3v) is 18.8. The van der Waals surface area contributed by atoms with Crippen LogP contribution in [0.25, 0.3) is 44.5 Å². The smallest absolute Gasteiger partial charge is 0.333 e. The molecule has 2 aliphatic heterocycles. The van der Waals surface area contributed by atoms with E-state index in [2.05, 4.69) is 244 Å². The molecule has 0 saturated carbocycles. The molecule has 5 aliphatic rings. The maximum atomic E-state index is 2.80. The second kappa shape index (κ2) is 15.2. The van der Waals surface area contributed by atoms with Crippen LogP contribution >= 0.6 is 0 Å². The zero-order chi connectivity index (χ0) is 50.0. The summed E-state index contributed by atoms with van der Waals surface area (Å²) in [6.07, 6.45) is 4.70. The first-order valence-electron chi connectivity index (χ1n) is 26.9. The Balaban J connectivity index is 1.20. The van der Waals surface area contributed by atoms with Gasteiger partial charge in [0.2, 0.25) is 0 Å². The number of hydrogen-bond acceptors (Lipinski definition) is 2. The Bertz CT molecular complexity index is 3590. The van der Waals surface area contributed by atoms with E-state index in [1.165, 1.54) is 148 Å². The lowest BCUT2D eigenvalue weighted by molar-refractivity contribution is 0.332. The first-order valence-corrected chi connectivity index (χ1v) is 26.9. The molecule has 13 rings (SSSR count). The lowest BCUT2D eigenvalue weighted by atomic mass is 9.42. The molecule has 72 heavy (non-hydrogen) atoms. The first kappa shape index (κ1) is 45.3. The fourth-order valence-corrected chi connectivity index (χ4v) is 14.4. The van der Waals surface area contributed by atoms with Crippen molar-refractivity contribution < 1.29 is 0 Å². The molecule has 0 aromatic heterocycles. The summed E-state index contributed by atoms with van der Waals surface area (Å²) in [5.74, 6) is 0. The van der Waals surface area contributed by atoms with E-state index in [1.54, 1.807) is 0 Å². The second-order valence-corrected chi connectivity index (χ2v) is 25.5. The molecule has 0 radical (unpaired) electrons. The van der Waals surface area contributed by atoms with E-state index in [9.17, 15) is 0 Å². The summed E-state index contributed by atoms with van der Waals surface area (Å²) in [5.41, 5.74) is 31.0. The Labute approximate surface area is 430 Å². The van der Waals surface area contributed by atoms with Gasteiger partial charge in [-0.3, -0.25) is 0 Å².